The van der Waals surface area contributed by atoms with Crippen LogP contribution in [0.5, 0.6) is 0 Å². The van der Waals surface area contributed by atoms with Gasteiger partial charge in [0.15, 0.2) is 11.9 Å². The first kappa shape index (κ1) is 12.2. The third-order valence-electron chi connectivity index (χ3n) is 3.13. The van der Waals surface area contributed by atoms with Crippen LogP contribution in [-0.4, -0.2) is 59.8 Å². The topological polar surface area (TPSA) is 140 Å². The van der Waals surface area contributed by atoms with E-state index >= 15 is 0 Å². The van der Waals surface area contributed by atoms with Crippen molar-refractivity contribution in [2.75, 3.05) is 12.3 Å². The van der Waals surface area contributed by atoms with Crippen LogP contribution in [0, 0.1) is 0 Å². The summed E-state index contributed by atoms with van der Waals surface area (Å²) in [6, 6.07) is 0. The van der Waals surface area contributed by atoms with Crippen LogP contribution in [0.2, 0.25) is 0 Å². The highest BCUT2D eigenvalue weighted by atomic mass is 16.6. The van der Waals surface area contributed by atoms with Crippen LogP contribution < -0.4 is 5.73 Å². The first-order valence-corrected chi connectivity index (χ1v) is 5.69. The number of aromatic nitrogens is 4. The van der Waals surface area contributed by atoms with Gasteiger partial charge in [0.25, 0.3) is 0 Å². The van der Waals surface area contributed by atoms with Gasteiger partial charge < -0.3 is 25.8 Å². The number of anilines is 1. The maximum absolute atomic E-state index is 9.95. The molecule has 0 aliphatic carbocycles. The molecule has 0 unspecified atom stereocenters. The predicted molar refractivity (Wildman–Crippen MR) is 62.7 cm³/mol. The van der Waals surface area contributed by atoms with E-state index < -0.39 is 31.1 Å². The molecule has 0 amide bonds. The molecule has 0 spiro atoms. The van der Waals surface area contributed by atoms with E-state index in [2.05, 4.69) is 15.0 Å². The molecule has 1 fully saturated rings. The van der Waals surface area contributed by atoms with E-state index in [-0.39, 0.29) is 5.95 Å². The number of hydrogen-bond donors (Lipinski definition) is 4. The van der Waals surface area contributed by atoms with E-state index in [0.29, 0.717) is 11.2 Å². The smallest absolute Gasteiger partial charge is 0.222 e. The standard InChI is InChI=1S/C10H13N5O4/c11-10-12-1-4-8(14-10)15(3-13-4)9-7(18)6(17)5(2-16)19-9/h1,3,5-7,9,16-18H,2H2,(H2,11,12,14)/t5-,6-,7-,9-/m1/s1/i3+1. The van der Waals surface area contributed by atoms with Gasteiger partial charge in [-0.2, -0.15) is 4.98 Å². The molecule has 0 aromatic carbocycles. The van der Waals surface area contributed by atoms with Gasteiger partial charge in [0.05, 0.1) is 19.1 Å². The van der Waals surface area contributed by atoms with Crippen molar-refractivity contribution in [2.45, 2.75) is 24.5 Å². The Labute approximate surface area is 107 Å². The number of fused-ring (bicyclic) bond motifs is 1. The summed E-state index contributed by atoms with van der Waals surface area (Å²) < 4.78 is 6.85. The summed E-state index contributed by atoms with van der Waals surface area (Å²) in [7, 11) is 0. The fourth-order valence-corrected chi connectivity index (χ4v) is 2.14. The quantitative estimate of drug-likeness (QED) is 0.491. The van der Waals surface area contributed by atoms with Crippen molar-refractivity contribution >= 4 is 17.1 Å². The minimum atomic E-state index is -1.19. The minimum Gasteiger partial charge on any atom is -0.394 e. The molecule has 2 aromatic rings. The number of nitrogen functional groups attached to an aromatic ring is 1. The van der Waals surface area contributed by atoms with Gasteiger partial charge in [0.2, 0.25) is 5.95 Å². The monoisotopic (exact) mass is 268 g/mol. The zero-order chi connectivity index (χ0) is 13.6. The molecule has 1 saturated heterocycles. The lowest BCUT2D eigenvalue weighted by molar-refractivity contribution is -0.0511. The first-order chi connectivity index (χ1) is 9.11. The number of aliphatic hydroxyl groups excluding tert-OH is 3. The molecule has 1 aliphatic rings. The molecule has 3 heterocycles. The lowest BCUT2D eigenvalue weighted by Gasteiger charge is -2.16. The van der Waals surface area contributed by atoms with Gasteiger partial charge in [-0.05, 0) is 0 Å². The predicted octanol–water partition coefficient (Wildman–Crippen LogP) is -1.98. The van der Waals surface area contributed by atoms with E-state index in [9.17, 15) is 10.2 Å². The summed E-state index contributed by atoms with van der Waals surface area (Å²) in [5.74, 6) is 0.0704. The average molecular weight is 268 g/mol. The molecule has 4 atom stereocenters. The maximum Gasteiger partial charge on any atom is 0.222 e. The van der Waals surface area contributed by atoms with Crippen LogP contribution in [-0.2, 0) is 4.74 Å². The Morgan fingerprint density at radius 3 is 2.79 bits per heavy atom. The molecule has 9 heteroatoms. The fourth-order valence-electron chi connectivity index (χ4n) is 2.14. The average Bonchev–Trinajstić information content (AvgIpc) is 2.92. The molecule has 102 valence electrons. The lowest BCUT2D eigenvalue weighted by Crippen LogP contribution is -2.33. The molecule has 5 N–H and O–H groups in total. The summed E-state index contributed by atoms with van der Waals surface area (Å²) in [5.41, 5.74) is 6.39. The second kappa shape index (κ2) is 4.38. The third kappa shape index (κ3) is 1.83. The summed E-state index contributed by atoms with van der Waals surface area (Å²) in [4.78, 5) is 11.9. The number of nitrogens with two attached hydrogens (primary N) is 1. The SMILES string of the molecule is Nc1ncc2n[13cH]n([C@@H]3O[C@H](CO)[C@@H](O)[C@H]3O)c2n1. The molecule has 0 saturated carbocycles. The van der Waals surface area contributed by atoms with Gasteiger partial charge in [-0.3, -0.25) is 4.57 Å². The van der Waals surface area contributed by atoms with Gasteiger partial charge in [-0.25, -0.2) is 9.97 Å². The van der Waals surface area contributed by atoms with Crippen molar-refractivity contribution in [3.63, 3.8) is 0 Å². The largest absolute Gasteiger partial charge is 0.394 e. The zero-order valence-electron chi connectivity index (χ0n) is 9.79. The van der Waals surface area contributed by atoms with Gasteiger partial charge in [0.1, 0.15) is 23.8 Å². The highest BCUT2D eigenvalue weighted by Crippen LogP contribution is 2.31. The van der Waals surface area contributed by atoms with Crippen LogP contribution in [0.1, 0.15) is 6.23 Å². The molecule has 3 rings (SSSR count). The van der Waals surface area contributed by atoms with Crippen molar-refractivity contribution in [1.29, 1.82) is 0 Å². The van der Waals surface area contributed by atoms with Crippen molar-refractivity contribution < 1.29 is 20.1 Å². The molecule has 0 bridgehead atoms. The Morgan fingerprint density at radius 2 is 2.11 bits per heavy atom. The molecule has 0 radical (unpaired) electrons. The van der Waals surface area contributed by atoms with Crippen molar-refractivity contribution in [2.24, 2.45) is 0 Å². The summed E-state index contributed by atoms with van der Waals surface area (Å²) >= 11 is 0. The molecule has 1 aliphatic heterocycles. The van der Waals surface area contributed by atoms with Crippen LogP contribution in [0.3, 0.4) is 0 Å². The van der Waals surface area contributed by atoms with E-state index in [4.69, 9.17) is 15.6 Å². The number of nitrogens with zero attached hydrogens (tertiary/aromatic N) is 4. The molecule has 2 aromatic heterocycles. The Hall–Kier alpha value is -1.81. The number of imidazole rings is 1. The van der Waals surface area contributed by atoms with Crippen molar-refractivity contribution in [3.8, 4) is 0 Å². The lowest BCUT2D eigenvalue weighted by atomic mass is 10.1. The second-order valence-electron chi connectivity index (χ2n) is 4.32. The number of aliphatic hydroxyl groups is 3. The first-order valence-electron chi connectivity index (χ1n) is 5.69. The van der Waals surface area contributed by atoms with Gasteiger partial charge in [-0.15, -0.1) is 0 Å². The fraction of sp³-hybridized carbons (Fsp3) is 0.500. The van der Waals surface area contributed by atoms with Crippen LogP contribution in [0.25, 0.3) is 11.2 Å². The van der Waals surface area contributed by atoms with Gasteiger partial charge >= 0.3 is 0 Å². The summed E-state index contributed by atoms with van der Waals surface area (Å²) in [6.07, 6.45) is -1.23. The molecular weight excluding hydrogens is 255 g/mol. The molecular formula is C10H13N5O4. The molecule has 19 heavy (non-hydrogen) atoms. The Bertz CT molecular complexity index is 603. The van der Waals surface area contributed by atoms with E-state index in [1.165, 1.54) is 17.1 Å². The van der Waals surface area contributed by atoms with Crippen molar-refractivity contribution in [1.82, 2.24) is 19.5 Å². The van der Waals surface area contributed by atoms with E-state index in [1.807, 2.05) is 0 Å². The summed E-state index contributed by atoms with van der Waals surface area (Å²) in [5, 5.41) is 28.7. The Kier molecular flexibility index (Phi) is 2.82. The second-order valence-corrected chi connectivity index (χ2v) is 4.32. The molecule has 9 nitrogen and oxygen atoms in total. The Morgan fingerprint density at radius 1 is 1.32 bits per heavy atom. The highest BCUT2D eigenvalue weighted by Gasteiger charge is 2.43. The van der Waals surface area contributed by atoms with Crippen LogP contribution in [0.15, 0.2) is 12.5 Å². The summed E-state index contributed by atoms with van der Waals surface area (Å²) in [6.45, 7) is -0.390. The van der Waals surface area contributed by atoms with Gasteiger partial charge in [0, 0.05) is 0 Å². The zero-order valence-corrected chi connectivity index (χ0v) is 9.79. The number of ether oxygens (including phenoxy) is 1. The van der Waals surface area contributed by atoms with E-state index in [1.54, 1.807) is 0 Å². The normalized spacial score (nSPS) is 31.1. The van der Waals surface area contributed by atoms with E-state index in [0.717, 1.165) is 0 Å². The number of hydrogen-bond acceptors (Lipinski definition) is 8. The Balaban J connectivity index is 2.03. The maximum atomic E-state index is 9.95. The van der Waals surface area contributed by atoms with Gasteiger partial charge in [-0.1, -0.05) is 0 Å². The highest BCUT2D eigenvalue weighted by molar-refractivity contribution is 5.70. The third-order valence-corrected chi connectivity index (χ3v) is 3.13. The minimum absolute atomic E-state index is 0.0704. The number of rotatable bonds is 2. The van der Waals surface area contributed by atoms with Crippen molar-refractivity contribution in [3.05, 3.63) is 12.5 Å². The van der Waals surface area contributed by atoms with Crippen LogP contribution in [0.4, 0.5) is 5.95 Å². The van der Waals surface area contributed by atoms with Crippen LogP contribution >= 0.6 is 0 Å².